The van der Waals surface area contributed by atoms with Crippen LogP contribution in [0.5, 0.6) is 0 Å². The molecule has 0 aliphatic heterocycles. The van der Waals surface area contributed by atoms with Crippen molar-refractivity contribution >= 4 is 11.8 Å². The smallest absolute Gasteiger partial charge is 0.303 e. The van der Waals surface area contributed by atoms with E-state index in [2.05, 4.69) is 32.9 Å². The second kappa shape index (κ2) is 13.0. The normalized spacial score (nSPS) is 24.0. The molecule has 5 heteroatoms. The highest BCUT2D eigenvalue weighted by Gasteiger charge is 2.40. The monoisotopic (exact) mass is 408 g/mol. The van der Waals surface area contributed by atoms with E-state index >= 15 is 0 Å². The fourth-order valence-corrected chi connectivity index (χ4v) is 4.14. The lowest BCUT2D eigenvalue weighted by Gasteiger charge is -2.32. The van der Waals surface area contributed by atoms with E-state index in [0.717, 1.165) is 19.3 Å². The number of methoxy groups -OCH3 is 2. The first-order valence-corrected chi connectivity index (χ1v) is 10.9. The quantitative estimate of drug-likeness (QED) is 0.316. The lowest BCUT2D eigenvalue weighted by Crippen LogP contribution is -2.30. The minimum Gasteiger partial charge on any atom is -0.481 e. The molecule has 0 spiro atoms. The molecule has 29 heavy (non-hydrogen) atoms. The Morgan fingerprint density at radius 1 is 1.28 bits per heavy atom. The lowest BCUT2D eigenvalue weighted by atomic mass is 9.80. The molecule has 0 saturated heterocycles. The summed E-state index contributed by atoms with van der Waals surface area (Å²) in [7, 11) is 3.41. The second-order valence-corrected chi connectivity index (χ2v) is 8.75. The molecule has 4 unspecified atom stereocenters. The average Bonchev–Trinajstić information content (AvgIpc) is 2.98. The Labute approximate surface area is 176 Å². The maximum Gasteiger partial charge on any atom is 0.303 e. The van der Waals surface area contributed by atoms with Crippen LogP contribution in [0.15, 0.2) is 24.3 Å². The number of unbranched alkanes of at least 4 members (excludes halogenated alkanes) is 2. The Bertz CT molecular complexity index is 564. The third-order valence-electron chi connectivity index (χ3n) is 6.04. The molecule has 4 atom stereocenters. The zero-order valence-electron chi connectivity index (χ0n) is 18.9. The largest absolute Gasteiger partial charge is 0.481 e. The van der Waals surface area contributed by atoms with E-state index in [1.54, 1.807) is 14.2 Å². The molecule has 1 rings (SSSR count). The van der Waals surface area contributed by atoms with E-state index in [0.29, 0.717) is 19.3 Å². The highest BCUT2D eigenvalue weighted by atomic mass is 16.5. The number of carboxylic acids is 1. The van der Waals surface area contributed by atoms with E-state index in [4.69, 9.17) is 14.6 Å². The topological polar surface area (TPSA) is 72.8 Å². The van der Waals surface area contributed by atoms with Crippen molar-refractivity contribution in [3.05, 3.63) is 24.3 Å². The van der Waals surface area contributed by atoms with Crippen molar-refractivity contribution in [2.75, 3.05) is 14.2 Å². The fourth-order valence-electron chi connectivity index (χ4n) is 4.14. The summed E-state index contributed by atoms with van der Waals surface area (Å²) in [4.78, 5) is 23.1. The van der Waals surface area contributed by atoms with E-state index < -0.39 is 5.97 Å². The van der Waals surface area contributed by atoms with Crippen molar-refractivity contribution in [2.24, 2.45) is 17.3 Å². The summed E-state index contributed by atoms with van der Waals surface area (Å²) in [6, 6.07) is 0. The fraction of sp³-hybridized carbons (Fsp3) is 0.750. The predicted molar refractivity (Wildman–Crippen MR) is 116 cm³/mol. The number of hydrogen-bond acceptors (Lipinski definition) is 4. The Morgan fingerprint density at radius 3 is 2.59 bits per heavy atom. The summed E-state index contributed by atoms with van der Waals surface area (Å²) < 4.78 is 11.4. The molecule has 0 heterocycles. The number of Topliss-reactive ketones (excluding diaryl/α,β-unsaturated/α-hetero) is 1. The zero-order valence-corrected chi connectivity index (χ0v) is 18.9. The maximum atomic E-state index is 12.6. The van der Waals surface area contributed by atoms with Crippen LogP contribution in [0, 0.1) is 17.3 Å². The van der Waals surface area contributed by atoms with Gasteiger partial charge in [-0.2, -0.15) is 0 Å². The van der Waals surface area contributed by atoms with Crippen LogP contribution >= 0.6 is 0 Å². The average molecular weight is 409 g/mol. The van der Waals surface area contributed by atoms with E-state index in [9.17, 15) is 9.59 Å². The van der Waals surface area contributed by atoms with Crippen molar-refractivity contribution in [1.29, 1.82) is 0 Å². The molecule has 0 aromatic heterocycles. The molecule has 1 saturated carbocycles. The van der Waals surface area contributed by atoms with E-state index in [1.165, 1.54) is 6.42 Å². The van der Waals surface area contributed by atoms with Gasteiger partial charge in [-0.05, 0) is 31.1 Å². The summed E-state index contributed by atoms with van der Waals surface area (Å²) in [6.45, 7) is 6.65. The minimum atomic E-state index is -0.771. The van der Waals surface area contributed by atoms with Gasteiger partial charge in [-0.15, -0.1) is 0 Å². The number of carbonyl (C=O) groups excluding carboxylic acids is 1. The first kappa shape index (κ1) is 25.6. The zero-order chi connectivity index (χ0) is 21.9. The number of aliphatic carboxylic acids is 1. The molecule has 1 fully saturated rings. The summed E-state index contributed by atoms with van der Waals surface area (Å²) in [6.07, 6.45) is 14.2. The van der Waals surface area contributed by atoms with E-state index in [1.807, 2.05) is 12.2 Å². The Morgan fingerprint density at radius 2 is 2.00 bits per heavy atom. The van der Waals surface area contributed by atoms with Gasteiger partial charge in [0.2, 0.25) is 0 Å². The summed E-state index contributed by atoms with van der Waals surface area (Å²) in [5, 5.41) is 8.70. The molecule has 1 N–H and O–H groups in total. The van der Waals surface area contributed by atoms with Gasteiger partial charge in [-0.3, -0.25) is 9.59 Å². The van der Waals surface area contributed by atoms with Gasteiger partial charge in [0.1, 0.15) is 5.78 Å². The first-order chi connectivity index (χ1) is 13.8. The number of allylic oxidation sites excluding steroid dienone is 2. The third-order valence-corrected chi connectivity index (χ3v) is 6.04. The van der Waals surface area contributed by atoms with Gasteiger partial charge in [-0.25, -0.2) is 0 Å². The third kappa shape index (κ3) is 8.43. The summed E-state index contributed by atoms with van der Waals surface area (Å²) in [5.41, 5.74) is 0.0337. The first-order valence-electron chi connectivity index (χ1n) is 10.9. The number of ether oxygens (including phenoxy) is 2. The molecule has 5 nitrogen and oxygen atoms in total. The molecule has 1 aliphatic rings. The molecule has 0 aromatic rings. The molecule has 0 bridgehead atoms. The van der Waals surface area contributed by atoms with Crippen LogP contribution in [0.2, 0.25) is 0 Å². The molecule has 0 radical (unpaired) electrons. The van der Waals surface area contributed by atoms with Crippen LogP contribution in [0.1, 0.15) is 72.1 Å². The van der Waals surface area contributed by atoms with Crippen molar-refractivity contribution in [2.45, 2.75) is 84.3 Å². The van der Waals surface area contributed by atoms with Gasteiger partial charge in [0, 0.05) is 38.9 Å². The molecule has 0 amide bonds. The van der Waals surface area contributed by atoms with Gasteiger partial charge in [0.15, 0.2) is 0 Å². The van der Waals surface area contributed by atoms with Crippen molar-refractivity contribution in [1.82, 2.24) is 0 Å². The lowest BCUT2D eigenvalue weighted by molar-refractivity contribution is -0.137. The van der Waals surface area contributed by atoms with Crippen molar-refractivity contribution < 1.29 is 24.2 Å². The van der Waals surface area contributed by atoms with Crippen LogP contribution in [-0.4, -0.2) is 43.3 Å². The van der Waals surface area contributed by atoms with Crippen LogP contribution in [0.4, 0.5) is 0 Å². The van der Waals surface area contributed by atoms with Gasteiger partial charge in [0.25, 0.3) is 0 Å². The highest BCUT2D eigenvalue weighted by Crippen LogP contribution is 2.36. The summed E-state index contributed by atoms with van der Waals surface area (Å²) in [5.74, 6) is -0.591. The molecular formula is C24H40O5. The van der Waals surface area contributed by atoms with Gasteiger partial charge >= 0.3 is 5.97 Å². The van der Waals surface area contributed by atoms with Crippen LogP contribution in [0.3, 0.4) is 0 Å². The molecule has 0 aromatic carbocycles. The van der Waals surface area contributed by atoms with Crippen LogP contribution in [-0.2, 0) is 19.1 Å². The molecule has 1 aliphatic carbocycles. The van der Waals surface area contributed by atoms with E-state index in [-0.39, 0.29) is 41.7 Å². The predicted octanol–water partition coefficient (Wildman–Crippen LogP) is 5.20. The van der Waals surface area contributed by atoms with Crippen molar-refractivity contribution in [3.63, 3.8) is 0 Å². The number of hydrogen-bond donors (Lipinski definition) is 1. The van der Waals surface area contributed by atoms with Gasteiger partial charge in [0.05, 0.1) is 12.2 Å². The maximum absolute atomic E-state index is 12.6. The van der Waals surface area contributed by atoms with Crippen LogP contribution < -0.4 is 0 Å². The van der Waals surface area contributed by atoms with Gasteiger partial charge < -0.3 is 14.6 Å². The Balaban J connectivity index is 2.79. The molecule has 166 valence electrons. The second-order valence-electron chi connectivity index (χ2n) is 8.75. The number of carbonyl (C=O) groups is 2. The Hall–Kier alpha value is -1.46. The number of ketones is 1. The minimum absolute atomic E-state index is 0.00512. The Kier molecular flexibility index (Phi) is 11.4. The van der Waals surface area contributed by atoms with Crippen LogP contribution in [0.25, 0.3) is 0 Å². The SMILES string of the molecule is CCCCC(C)(C)C(/C=C/C1C(OC)CC(=O)C1C/C=C/CCCC(=O)O)OC. The number of carboxylic acid groups (broad SMARTS) is 1. The number of rotatable bonds is 14. The standard InChI is InChI=1S/C24H40O5/c1-6-7-16-24(2,3)22(29-5)15-14-19-18(20(25)17-21(19)28-4)12-10-8-9-11-13-23(26)27/h8,10,14-15,18-19,21-22H,6-7,9,11-13,16-17H2,1-5H3,(H,26,27)/b10-8+,15-14+. The molecular weight excluding hydrogens is 368 g/mol. The summed E-state index contributed by atoms with van der Waals surface area (Å²) >= 11 is 0. The highest BCUT2D eigenvalue weighted by molar-refractivity contribution is 5.84. The van der Waals surface area contributed by atoms with Crippen molar-refractivity contribution in [3.8, 4) is 0 Å². The van der Waals surface area contributed by atoms with Gasteiger partial charge in [-0.1, -0.05) is 57.9 Å².